The van der Waals surface area contributed by atoms with Crippen LogP contribution >= 0.6 is 11.8 Å². The molecule has 19 heavy (non-hydrogen) atoms. The topological polar surface area (TPSA) is 37.8 Å². The molecule has 0 aromatic carbocycles. The van der Waals surface area contributed by atoms with Crippen LogP contribution in [-0.4, -0.2) is 22.3 Å². The zero-order valence-electron chi connectivity index (χ0n) is 12.9. The van der Waals surface area contributed by atoms with Gasteiger partial charge in [0.05, 0.1) is 5.75 Å². The van der Waals surface area contributed by atoms with Crippen LogP contribution in [0.25, 0.3) is 0 Å². The van der Waals surface area contributed by atoms with E-state index in [0.717, 1.165) is 48.5 Å². The van der Waals surface area contributed by atoms with Gasteiger partial charge in [0, 0.05) is 17.8 Å². The summed E-state index contributed by atoms with van der Waals surface area (Å²) in [6.45, 7) is 11.9. The molecular formula is C15H27N3S. The lowest BCUT2D eigenvalue weighted by molar-refractivity contribution is 0.749. The first-order chi connectivity index (χ1) is 9.08. The van der Waals surface area contributed by atoms with Gasteiger partial charge in [-0.25, -0.2) is 9.97 Å². The number of thioether (sulfide) groups is 1. The predicted octanol–water partition coefficient (Wildman–Crippen LogP) is 4.06. The van der Waals surface area contributed by atoms with Crippen LogP contribution in [0.4, 0.5) is 5.82 Å². The number of nitrogens with one attached hydrogen (secondary N) is 1. The molecular weight excluding hydrogens is 254 g/mol. The average Bonchev–Trinajstić information content (AvgIpc) is 2.38. The minimum Gasteiger partial charge on any atom is -0.370 e. The minimum absolute atomic E-state index is 0.721. The van der Waals surface area contributed by atoms with Gasteiger partial charge < -0.3 is 5.32 Å². The summed E-state index contributed by atoms with van der Waals surface area (Å²) < 4.78 is 0. The summed E-state index contributed by atoms with van der Waals surface area (Å²) in [6, 6.07) is 0. The lowest BCUT2D eigenvalue weighted by Crippen LogP contribution is -2.10. The van der Waals surface area contributed by atoms with Crippen LogP contribution in [0.3, 0.4) is 0 Å². The maximum atomic E-state index is 4.68. The highest BCUT2D eigenvalue weighted by atomic mass is 32.2. The minimum atomic E-state index is 0.721. The zero-order chi connectivity index (χ0) is 14.3. The van der Waals surface area contributed by atoms with E-state index in [0.29, 0.717) is 0 Å². The smallest absolute Gasteiger partial charge is 0.140 e. The maximum absolute atomic E-state index is 4.68. The van der Waals surface area contributed by atoms with Gasteiger partial charge in [-0.1, -0.05) is 27.7 Å². The largest absolute Gasteiger partial charge is 0.370 e. The summed E-state index contributed by atoms with van der Waals surface area (Å²) in [5.74, 6) is 4.78. The standard InChI is InChI=1S/C15H27N3S/c1-6-8-16-15-12(5)13(7-2)17-14(18-15)10-19-9-11(3)4/h11H,6-10H2,1-5H3,(H,16,17,18). The Kier molecular flexibility index (Phi) is 7.21. The summed E-state index contributed by atoms with van der Waals surface area (Å²) >= 11 is 1.92. The van der Waals surface area contributed by atoms with Gasteiger partial charge in [0.2, 0.25) is 0 Å². The van der Waals surface area contributed by atoms with Crippen molar-refractivity contribution in [2.75, 3.05) is 17.6 Å². The summed E-state index contributed by atoms with van der Waals surface area (Å²) in [7, 11) is 0. The molecule has 0 atom stereocenters. The Balaban J connectivity index is 2.80. The number of rotatable bonds is 8. The lowest BCUT2D eigenvalue weighted by atomic mass is 10.2. The van der Waals surface area contributed by atoms with Crippen molar-refractivity contribution >= 4 is 17.6 Å². The molecule has 0 saturated carbocycles. The number of anilines is 1. The Morgan fingerprint density at radius 3 is 2.53 bits per heavy atom. The van der Waals surface area contributed by atoms with E-state index in [-0.39, 0.29) is 0 Å². The number of aryl methyl sites for hydroxylation is 1. The molecule has 0 radical (unpaired) electrons. The van der Waals surface area contributed by atoms with Crippen LogP contribution in [0.2, 0.25) is 0 Å². The number of hydrogen-bond acceptors (Lipinski definition) is 4. The quantitative estimate of drug-likeness (QED) is 0.780. The normalized spacial score (nSPS) is 11.1. The molecule has 0 amide bonds. The van der Waals surface area contributed by atoms with E-state index in [2.05, 4.69) is 49.9 Å². The fourth-order valence-electron chi connectivity index (χ4n) is 1.82. The van der Waals surface area contributed by atoms with Gasteiger partial charge >= 0.3 is 0 Å². The van der Waals surface area contributed by atoms with Gasteiger partial charge in [0.1, 0.15) is 11.6 Å². The molecule has 108 valence electrons. The maximum Gasteiger partial charge on any atom is 0.140 e. The Hall–Kier alpha value is -0.770. The monoisotopic (exact) mass is 281 g/mol. The highest BCUT2D eigenvalue weighted by Gasteiger charge is 2.09. The first kappa shape index (κ1) is 16.3. The first-order valence-corrected chi connectivity index (χ1v) is 8.41. The Morgan fingerprint density at radius 1 is 1.21 bits per heavy atom. The van der Waals surface area contributed by atoms with Gasteiger partial charge in [-0.2, -0.15) is 11.8 Å². The van der Waals surface area contributed by atoms with Gasteiger partial charge in [0.15, 0.2) is 0 Å². The van der Waals surface area contributed by atoms with Crippen LogP contribution in [-0.2, 0) is 12.2 Å². The molecule has 1 aromatic rings. The summed E-state index contributed by atoms with van der Waals surface area (Å²) in [6.07, 6.45) is 2.08. The van der Waals surface area contributed by atoms with Crippen molar-refractivity contribution in [3.05, 3.63) is 17.1 Å². The number of hydrogen-bond donors (Lipinski definition) is 1. The molecule has 0 unspecified atom stereocenters. The lowest BCUT2D eigenvalue weighted by Gasteiger charge is -2.13. The molecule has 1 heterocycles. The van der Waals surface area contributed by atoms with Crippen LogP contribution in [0.1, 0.15) is 51.2 Å². The molecule has 0 saturated heterocycles. The van der Waals surface area contributed by atoms with Crippen molar-refractivity contribution in [2.24, 2.45) is 5.92 Å². The van der Waals surface area contributed by atoms with Crippen molar-refractivity contribution < 1.29 is 0 Å². The molecule has 0 spiro atoms. The second-order valence-electron chi connectivity index (χ2n) is 5.25. The Labute approximate surface area is 122 Å². The van der Waals surface area contributed by atoms with Crippen molar-refractivity contribution in [1.82, 2.24) is 9.97 Å². The SMILES string of the molecule is CCCNc1nc(CSCC(C)C)nc(CC)c1C. The van der Waals surface area contributed by atoms with E-state index >= 15 is 0 Å². The zero-order valence-corrected chi connectivity index (χ0v) is 13.7. The van der Waals surface area contributed by atoms with Crippen LogP contribution in [0.15, 0.2) is 0 Å². The molecule has 0 aliphatic rings. The van der Waals surface area contributed by atoms with E-state index in [1.54, 1.807) is 0 Å². The van der Waals surface area contributed by atoms with Crippen molar-refractivity contribution in [1.29, 1.82) is 0 Å². The van der Waals surface area contributed by atoms with E-state index in [4.69, 9.17) is 0 Å². The summed E-state index contributed by atoms with van der Waals surface area (Å²) in [5, 5.41) is 3.42. The molecule has 3 nitrogen and oxygen atoms in total. The second kappa shape index (κ2) is 8.41. The van der Waals surface area contributed by atoms with E-state index in [1.807, 2.05) is 11.8 Å². The van der Waals surface area contributed by atoms with Crippen molar-refractivity contribution in [2.45, 2.75) is 53.2 Å². The van der Waals surface area contributed by atoms with E-state index < -0.39 is 0 Å². The van der Waals surface area contributed by atoms with E-state index in [1.165, 1.54) is 11.3 Å². The molecule has 1 rings (SSSR count). The molecule has 0 aliphatic heterocycles. The Bertz CT molecular complexity index is 391. The van der Waals surface area contributed by atoms with Gasteiger partial charge in [-0.05, 0) is 31.4 Å². The van der Waals surface area contributed by atoms with Gasteiger partial charge in [-0.3, -0.25) is 0 Å². The van der Waals surface area contributed by atoms with Crippen LogP contribution < -0.4 is 5.32 Å². The second-order valence-corrected chi connectivity index (χ2v) is 6.28. The highest BCUT2D eigenvalue weighted by molar-refractivity contribution is 7.98. The molecule has 0 aliphatic carbocycles. The highest BCUT2D eigenvalue weighted by Crippen LogP contribution is 2.19. The molecule has 1 N–H and O–H groups in total. The van der Waals surface area contributed by atoms with Crippen LogP contribution in [0.5, 0.6) is 0 Å². The third-order valence-electron chi connectivity index (χ3n) is 2.85. The molecule has 0 bridgehead atoms. The van der Waals surface area contributed by atoms with Gasteiger partial charge in [-0.15, -0.1) is 0 Å². The molecule has 0 fully saturated rings. The van der Waals surface area contributed by atoms with Gasteiger partial charge in [0.25, 0.3) is 0 Å². The number of aromatic nitrogens is 2. The summed E-state index contributed by atoms with van der Waals surface area (Å²) in [4.78, 5) is 9.36. The third-order valence-corrected chi connectivity index (χ3v) is 4.22. The number of nitrogens with zero attached hydrogens (tertiary/aromatic N) is 2. The fraction of sp³-hybridized carbons (Fsp3) is 0.733. The molecule has 4 heteroatoms. The van der Waals surface area contributed by atoms with Crippen LogP contribution in [0, 0.1) is 12.8 Å². The predicted molar refractivity (Wildman–Crippen MR) is 85.9 cm³/mol. The van der Waals surface area contributed by atoms with E-state index in [9.17, 15) is 0 Å². The third kappa shape index (κ3) is 5.39. The fourth-order valence-corrected chi connectivity index (χ4v) is 2.73. The average molecular weight is 281 g/mol. The molecule has 1 aromatic heterocycles. The van der Waals surface area contributed by atoms with Crippen molar-refractivity contribution in [3.8, 4) is 0 Å². The summed E-state index contributed by atoms with van der Waals surface area (Å²) in [5.41, 5.74) is 2.38. The Morgan fingerprint density at radius 2 is 1.95 bits per heavy atom. The first-order valence-electron chi connectivity index (χ1n) is 7.26. The van der Waals surface area contributed by atoms with Crippen molar-refractivity contribution in [3.63, 3.8) is 0 Å².